The molecule has 0 unspecified atom stereocenters. The smallest absolute Gasteiger partial charge is 0.159 e. The van der Waals surface area contributed by atoms with Crippen molar-refractivity contribution in [2.45, 2.75) is 0 Å². The Morgan fingerprint density at radius 1 is 0.327 bits per heavy atom. The summed E-state index contributed by atoms with van der Waals surface area (Å²) in [4.78, 5) is 2.36. The molecule has 55 heavy (non-hydrogen) atoms. The molecule has 0 spiro atoms. The fourth-order valence-electron chi connectivity index (χ4n) is 8.36. The van der Waals surface area contributed by atoms with Crippen molar-refractivity contribution in [3.8, 4) is 33.4 Å². The SMILES string of the molecule is c1cc(-c2ccc(-c3cccc4ccccc34)cc2)cc(N(c2ccccc2-c2cccc3oc4ccccc4c23)c2cccc3c2oc2ccccc23)c1. The highest BCUT2D eigenvalue weighted by molar-refractivity contribution is 6.15. The third kappa shape index (κ3) is 5.13. The molecule has 2 aromatic heterocycles. The van der Waals surface area contributed by atoms with Crippen LogP contribution in [0.2, 0.25) is 0 Å². The van der Waals surface area contributed by atoms with Gasteiger partial charge in [-0.05, 0) is 81.1 Å². The highest BCUT2D eigenvalue weighted by Crippen LogP contribution is 2.48. The van der Waals surface area contributed by atoms with E-state index in [9.17, 15) is 0 Å². The van der Waals surface area contributed by atoms with Crippen LogP contribution in [-0.4, -0.2) is 0 Å². The number of para-hydroxylation sites is 4. The Morgan fingerprint density at radius 3 is 1.80 bits per heavy atom. The lowest BCUT2D eigenvalue weighted by molar-refractivity contribution is 0.668. The predicted molar refractivity (Wildman–Crippen MR) is 229 cm³/mol. The molecule has 0 aliphatic rings. The second-order valence-electron chi connectivity index (χ2n) is 14.0. The van der Waals surface area contributed by atoms with Crippen molar-refractivity contribution in [2.24, 2.45) is 0 Å². The second kappa shape index (κ2) is 12.6. The topological polar surface area (TPSA) is 29.5 Å². The maximum atomic E-state index is 6.71. The predicted octanol–water partition coefficient (Wildman–Crippen LogP) is 15.1. The Balaban J connectivity index is 1.11. The first-order valence-electron chi connectivity index (χ1n) is 18.7. The molecule has 0 radical (unpaired) electrons. The zero-order chi connectivity index (χ0) is 36.3. The van der Waals surface area contributed by atoms with E-state index in [-0.39, 0.29) is 0 Å². The van der Waals surface area contributed by atoms with Gasteiger partial charge in [-0.15, -0.1) is 0 Å². The number of hydrogen-bond donors (Lipinski definition) is 0. The van der Waals surface area contributed by atoms with Crippen LogP contribution >= 0.6 is 0 Å². The first-order chi connectivity index (χ1) is 27.3. The summed E-state index contributed by atoms with van der Waals surface area (Å²) in [5.74, 6) is 0. The molecule has 0 fully saturated rings. The van der Waals surface area contributed by atoms with E-state index in [4.69, 9.17) is 8.83 Å². The van der Waals surface area contributed by atoms with Gasteiger partial charge in [0.15, 0.2) is 5.58 Å². The molecule has 0 atom stereocenters. The van der Waals surface area contributed by atoms with Gasteiger partial charge in [0.2, 0.25) is 0 Å². The van der Waals surface area contributed by atoms with Gasteiger partial charge < -0.3 is 13.7 Å². The van der Waals surface area contributed by atoms with Crippen molar-refractivity contribution < 1.29 is 8.83 Å². The summed E-state index contributed by atoms with van der Waals surface area (Å²) in [6.45, 7) is 0. The average Bonchev–Trinajstić information content (AvgIpc) is 3.83. The molecule has 0 aliphatic carbocycles. The Hall–Kier alpha value is -7.36. The summed E-state index contributed by atoms with van der Waals surface area (Å²) >= 11 is 0. The van der Waals surface area contributed by atoms with Crippen molar-refractivity contribution in [1.29, 1.82) is 0 Å². The zero-order valence-electron chi connectivity index (χ0n) is 29.8. The maximum Gasteiger partial charge on any atom is 0.159 e. The molecule has 0 N–H and O–H groups in total. The average molecular weight is 704 g/mol. The third-order valence-electron chi connectivity index (χ3n) is 10.9. The summed E-state index contributed by atoms with van der Waals surface area (Å²) in [6, 6.07) is 70.9. The number of nitrogens with zero attached hydrogens (tertiary/aromatic N) is 1. The molecule has 11 aromatic rings. The van der Waals surface area contributed by atoms with E-state index in [0.29, 0.717) is 0 Å². The molecular formula is C52H33NO2. The Labute approximate surface area is 317 Å². The molecule has 2 heterocycles. The molecule has 258 valence electrons. The largest absolute Gasteiger partial charge is 0.456 e. The van der Waals surface area contributed by atoms with E-state index in [1.807, 2.05) is 24.3 Å². The Kier molecular flexibility index (Phi) is 7.17. The van der Waals surface area contributed by atoms with Gasteiger partial charge in [-0.25, -0.2) is 0 Å². The van der Waals surface area contributed by atoms with Gasteiger partial charge in [-0.2, -0.15) is 0 Å². The molecule has 3 nitrogen and oxygen atoms in total. The van der Waals surface area contributed by atoms with Gasteiger partial charge in [0.05, 0.1) is 11.4 Å². The van der Waals surface area contributed by atoms with Gasteiger partial charge >= 0.3 is 0 Å². The summed E-state index contributed by atoms with van der Waals surface area (Å²) < 4.78 is 13.1. The van der Waals surface area contributed by atoms with E-state index in [2.05, 4.69) is 181 Å². The number of fused-ring (bicyclic) bond motifs is 7. The van der Waals surface area contributed by atoms with Crippen LogP contribution in [0.5, 0.6) is 0 Å². The standard InChI is InChI=1S/C52H33NO2/c1-2-17-39-35(13-1)14-10-21-40(39)36-31-29-34(30-32-36)37-15-9-16-38(33-37)53(47-25-11-23-44-42-19-4-7-26-48(42)55-52(44)47)46-24-6-3-18-41(46)43-22-12-28-50-51(43)45-20-5-8-27-49(45)54-50/h1-33H. The molecule has 0 saturated heterocycles. The van der Waals surface area contributed by atoms with Crippen LogP contribution in [0.1, 0.15) is 0 Å². The number of anilines is 3. The van der Waals surface area contributed by atoms with Gasteiger partial charge in [0.1, 0.15) is 16.7 Å². The molecule has 3 heteroatoms. The minimum absolute atomic E-state index is 0.843. The second-order valence-corrected chi connectivity index (χ2v) is 14.0. The lowest BCUT2D eigenvalue weighted by Gasteiger charge is -2.28. The minimum Gasteiger partial charge on any atom is -0.456 e. The molecule has 11 rings (SSSR count). The lowest BCUT2D eigenvalue weighted by Crippen LogP contribution is -2.11. The van der Waals surface area contributed by atoms with Crippen molar-refractivity contribution in [3.63, 3.8) is 0 Å². The fraction of sp³-hybridized carbons (Fsp3) is 0. The lowest BCUT2D eigenvalue weighted by atomic mass is 9.95. The van der Waals surface area contributed by atoms with Crippen LogP contribution in [0.25, 0.3) is 88.0 Å². The normalized spacial score (nSPS) is 11.6. The van der Waals surface area contributed by atoms with Crippen LogP contribution in [0.4, 0.5) is 17.1 Å². The quantitative estimate of drug-likeness (QED) is 0.173. The number of hydrogen-bond acceptors (Lipinski definition) is 3. The molecule has 9 aromatic carbocycles. The van der Waals surface area contributed by atoms with E-state index >= 15 is 0 Å². The van der Waals surface area contributed by atoms with Crippen LogP contribution in [0.3, 0.4) is 0 Å². The van der Waals surface area contributed by atoms with Gasteiger partial charge in [0, 0.05) is 32.8 Å². The molecule has 0 bridgehead atoms. The minimum atomic E-state index is 0.843. The third-order valence-corrected chi connectivity index (χ3v) is 10.9. The number of benzene rings is 9. The van der Waals surface area contributed by atoms with Crippen LogP contribution in [0.15, 0.2) is 209 Å². The van der Waals surface area contributed by atoms with Gasteiger partial charge in [-0.3, -0.25) is 0 Å². The fourth-order valence-corrected chi connectivity index (χ4v) is 8.36. The van der Waals surface area contributed by atoms with E-state index in [0.717, 1.165) is 83.2 Å². The molecule has 0 amide bonds. The summed E-state index contributed by atoms with van der Waals surface area (Å²) in [5, 5.41) is 6.89. The van der Waals surface area contributed by atoms with E-state index in [1.165, 1.54) is 21.9 Å². The molecule has 0 saturated carbocycles. The number of rotatable bonds is 6. The summed E-state index contributed by atoms with van der Waals surface area (Å²) in [5.41, 5.74) is 13.4. The van der Waals surface area contributed by atoms with Crippen LogP contribution in [0, 0.1) is 0 Å². The van der Waals surface area contributed by atoms with Crippen molar-refractivity contribution in [1.82, 2.24) is 0 Å². The first kappa shape index (κ1) is 31.2. The first-order valence-corrected chi connectivity index (χ1v) is 18.7. The van der Waals surface area contributed by atoms with Gasteiger partial charge in [0.25, 0.3) is 0 Å². The van der Waals surface area contributed by atoms with E-state index < -0.39 is 0 Å². The monoisotopic (exact) mass is 703 g/mol. The van der Waals surface area contributed by atoms with Crippen molar-refractivity contribution in [2.75, 3.05) is 4.90 Å². The Bertz CT molecular complexity index is 3220. The zero-order valence-corrected chi connectivity index (χ0v) is 29.8. The van der Waals surface area contributed by atoms with Crippen molar-refractivity contribution >= 4 is 71.7 Å². The maximum absolute atomic E-state index is 6.71. The highest BCUT2D eigenvalue weighted by Gasteiger charge is 2.24. The molecular weight excluding hydrogens is 671 g/mol. The van der Waals surface area contributed by atoms with Gasteiger partial charge in [-0.1, -0.05) is 158 Å². The van der Waals surface area contributed by atoms with E-state index in [1.54, 1.807) is 0 Å². The Morgan fingerprint density at radius 2 is 0.909 bits per heavy atom. The highest BCUT2D eigenvalue weighted by atomic mass is 16.3. The van der Waals surface area contributed by atoms with Crippen molar-refractivity contribution in [3.05, 3.63) is 200 Å². The molecule has 0 aliphatic heterocycles. The number of furan rings is 2. The van der Waals surface area contributed by atoms with Crippen LogP contribution in [-0.2, 0) is 0 Å². The summed E-state index contributed by atoms with van der Waals surface area (Å²) in [6.07, 6.45) is 0. The summed E-state index contributed by atoms with van der Waals surface area (Å²) in [7, 11) is 0. The van der Waals surface area contributed by atoms with Crippen LogP contribution < -0.4 is 4.90 Å².